The van der Waals surface area contributed by atoms with Crippen LogP contribution in [-0.4, -0.2) is 0 Å². The lowest BCUT2D eigenvalue weighted by atomic mass is 9.89. The van der Waals surface area contributed by atoms with Crippen LogP contribution in [0.1, 0.15) is 73.6 Å². The van der Waals surface area contributed by atoms with E-state index in [1.807, 2.05) is 0 Å². The first-order valence-electron chi connectivity index (χ1n) is 6.16. The van der Waals surface area contributed by atoms with Crippen LogP contribution in [0.15, 0.2) is 0 Å². The topological polar surface area (TPSA) is 0 Å². The fraction of sp³-hybridized carbons (Fsp3) is 0.867. The summed E-state index contributed by atoms with van der Waals surface area (Å²) in [5.41, 5.74) is 0.844. The zero-order valence-corrected chi connectivity index (χ0v) is 11.5. The third kappa shape index (κ3) is 13.6. The van der Waals surface area contributed by atoms with Crippen molar-refractivity contribution >= 4 is 0 Å². The fourth-order valence-corrected chi connectivity index (χ4v) is 1.28. The van der Waals surface area contributed by atoms with E-state index in [1.165, 1.54) is 19.3 Å². The van der Waals surface area contributed by atoms with Gasteiger partial charge in [0.05, 0.1) is 0 Å². The predicted octanol–water partition coefficient (Wildman–Crippen LogP) is 5.03. The summed E-state index contributed by atoms with van der Waals surface area (Å²) in [6, 6.07) is 0. The van der Waals surface area contributed by atoms with Gasteiger partial charge in [0.15, 0.2) is 0 Å². The number of unbranched alkanes of at least 4 members (excludes halogenated alkanes) is 2. The third-order valence-corrected chi connectivity index (χ3v) is 2.22. The summed E-state index contributed by atoms with van der Waals surface area (Å²) in [6.45, 7) is 13.6. The average Bonchev–Trinajstić information content (AvgIpc) is 1.98. The molecule has 0 radical (unpaired) electrons. The second-order valence-corrected chi connectivity index (χ2v) is 6.86. The molecule has 0 atom stereocenters. The van der Waals surface area contributed by atoms with Gasteiger partial charge in [-0.25, -0.2) is 0 Å². The van der Waals surface area contributed by atoms with Gasteiger partial charge in [0, 0.05) is 12.8 Å². The SMILES string of the molecule is CC(C)(C)CC#CCCCCC(C)(C)C. The summed E-state index contributed by atoms with van der Waals surface area (Å²) in [4.78, 5) is 0. The van der Waals surface area contributed by atoms with E-state index in [-0.39, 0.29) is 0 Å². The minimum atomic E-state index is 0.360. The lowest BCUT2D eigenvalue weighted by Gasteiger charge is -2.16. The Balaban J connectivity index is 3.47. The van der Waals surface area contributed by atoms with Crippen molar-refractivity contribution in [3.63, 3.8) is 0 Å². The van der Waals surface area contributed by atoms with Crippen molar-refractivity contribution in [1.82, 2.24) is 0 Å². The van der Waals surface area contributed by atoms with E-state index in [2.05, 4.69) is 53.4 Å². The quantitative estimate of drug-likeness (QED) is 0.450. The molecule has 0 bridgehead atoms. The Hall–Kier alpha value is -0.440. The first-order chi connectivity index (χ1) is 6.71. The highest BCUT2D eigenvalue weighted by atomic mass is 14.1. The van der Waals surface area contributed by atoms with Crippen LogP contribution in [0.4, 0.5) is 0 Å². The van der Waals surface area contributed by atoms with Gasteiger partial charge >= 0.3 is 0 Å². The fourth-order valence-electron chi connectivity index (χ4n) is 1.28. The van der Waals surface area contributed by atoms with Gasteiger partial charge in [0.1, 0.15) is 0 Å². The maximum absolute atomic E-state index is 3.28. The van der Waals surface area contributed by atoms with E-state index in [4.69, 9.17) is 0 Å². The molecule has 0 saturated carbocycles. The lowest BCUT2D eigenvalue weighted by Crippen LogP contribution is -2.03. The minimum Gasteiger partial charge on any atom is -0.103 e. The molecule has 0 aromatic heterocycles. The molecule has 0 spiro atoms. The molecular weight excluding hydrogens is 180 g/mol. The Morgan fingerprint density at radius 2 is 1.33 bits per heavy atom. The molecule has 0 aromatic rings. The molecule has 0 amide bonds. The predicted molar refractivity (Wildman–Crippen MR) is 69.8 cm³/mol. The van der Waals surface area contributed by atoms with Crippen LogP contribution >= 0.6 is 0 Å². The van der Waals surface area contributed by atoms with E-state index >= 15 is 0 Å². The van der Waals surface area contributed by atoms with Gasteiger partial charge in [-0.15, -0.1) is 11.8 Å². The van der Waals surface area contributed by atoms with Crippen molar-refractivity contribution in [2.24, 2.45) is 10.8 Å². The summed E-state index contributed by atoms with van der Waals surface area (Å²) in [5, 5.41) is 0. The van der Waals surface area contributed by atoms with Crippen LogP contribution < -0.4 is 0 Å². The van der Waals surface area contributed by atoms with Crippen molar-refractivity contribution in [3.05, 3.63) is 0 Å². The molecule has 88 valence electrons. The van der Waals surface area contributed by atoms with E-state index in [9.17, 15) is 0 Å². The molecule has 0 saturated heterocycles. The van der Waals surface area contributed by atoms with E-state index in [0.717, 1.165) is 12.8 Å². The molecule has 15 heavy (non-hydrogen) atoms. The van der Waals surface area contributed by atoms with Gasteiger partial charge < -0.3 is 0 Å². The summed E-state index contributed by atoms with van der Waals surface area (Å²) in [7, 11) is 0. The standard InChI is InChI=1S/C15H28/c1-14(2,3)12-10-8-7-9-11-13-15(4,5)6/h7-8,10,12-13H2,1-6H3. The molecular formula is C15H28. The Bertz CT molecular complexity index is 211. The van der Waals surface area contributed by atoms with Crippen LogP contribution in [0.2, 0.25) is 0 Å². The highest BCUT2D eigenvalue weighted by Crippen LogP contribution is 2.22. The number of rotatable bonds is 3. The number of hydrogen-bond acceptors (Lipinski definition) is 0. The second-order valence-electron chi connectivity index (χ2n) is 6.86. The van der Waals surface area contributed by atoms with E-state index in [1.54, 1.807) is 0 Å². The van der Waals surface area contributed by atoms with Crippen molar-refractivity contribution in [3.8, 4) is 11.8 Å². The molecule has 0 aliphatic heterocycles. The molecule has 0 aromatic carbocycles. The first-order valence-corrected chi connectivity index (χ1v) is 6.16. The van der Waals surface area contributed by atoms with Gasteiger partial charge in [0.2, 0.25) is 0 Å². The molecule has 0 N–H and O–H groups in total. The van der Waals surface area contributed by atoms with Crippen LogP contribution in [0.25, 0.3) is 0 Å². The van der Waals surface area contributed by atoms with Crippen LogP contribution in [-0.2, 0) is 0 Å². The van der Waals surface area contributed by atoms with Crippen LogP contribution in [0, 0.1) is 22.7 Å². The molecule has 0 heterocycles. The Labute approximate surface area is 96.8 Å². The summed E-state index contributed by atoms with van der Waals surface area (Å²) in [5.74, 6) is 6.55. The largest absolute Gasteiger partial charge is 0.103 e. The Morgan fingerprint density at radius 1 is 0.733 bits per heavy atom. The maximum atomic E-state index is 3.28. The third-order valence-electron chi connectivity index (χ3n) is 2.22. The van der Waals surface area contributed by atoms with Crippen LogP contribution in [0.5, 0.6) is 0 Å². The Kier molecular flexibility index (Phi) is 6.03. The van der Waals surface area contributed by atoms with E-state index < -0.39 is 0 Å². The molecule has 0 heteroatoms. The monoisotopic (exact) mass is 208 g/mol. The van der Waals surface area contributed by atoms with Gasteiger partial charge in [-0.1, -0.05) is 48.0 Å². The zero-order valence-electron chi connectivity index (χ0n) is 11.5. The molecule has 0 rings (SSSR count). The van der Waals surface area contributed by atoms with Gasteiger partial charge in [-0.05, 0) is 23.7 Å². The molecule has 0 aliphatic carbocycles. The van der Waals surface area contributed by atoms with Crippen molar-refractivity contribution in [2.45, 2.75) is 73.6 Å². The average molecular weight is 208 g/mol. The lowest BCUT2D eigenvalue weighted by molar-refractivity contribution is 0.361. The van der Waals surface area contributed by atoms with Crippen LogP contribution in [0.3, 0.4) is 0 Å². The van der Waals surface area contributed by atoms with Crippen molar-refractivity contribution < 1.29 is 0 Å². The minimum absolute atomic E-state index is 0.360. The summed E-state index contributed by atoms with van der Waals surface area (Å²) < 4.78 is 0. The zero-order chi connectivity index (χ0) is 11.9. The molecule has 0 aliphatic rings. The maximum Gasteiger partial charge on any atom is 0.0137 e. The van der Waals surface area contributed by atoms with Gasteiger partial charge in [-0.3, -0.25) is 0 Å². The van der Waals surface area contributed by atoms with Gasteiger partial charge in [0.25, 0.3) is 0 Å². The molecule has 0 nitrogen and oxygen atoms in total. The number of hydrogen-bond donors (Lipinski definition) is 0. The van der Waals surface area contributed by atoms with Gasteiger partial charge in [-0.2, -0.15) is 0 Å². The second kappa shape index (κ2) is 6.21. The van der Waals surface area contributed by atoms with Crippen molar-refractivity contribution in [2.75, 3.05) is 0 Å². The van der Waals surface area contributed by atoms with E-state index in [0.29, 0.717) is 10.8 Å². The van der Waals surface area contributed by atoms with Crippen molar-refractivity contribution in [1.29, 1.82) is 0 Å². The normalized spacial score (nSPS) is 12.1. The first kappa shape index (κ1) is 14.6. The Morgan fingerprint density at radius 3 is 1.80 bits per heavy atom. The summed E-state index contributed by atoms with van der Waals surface area (Å²) in [6.07, 6.45) is 5.98. The molecule has 0 unspecified atom stereocenters. The summed E-state index contributed by atoms with van der Waals surface area (Å²) >= 11 is 0. The molecule has 0 fully saturated rings. The highest BCUT2D eigenvalue weighted by molar-refractivity contribution is 5.00. The highest BCUT2D eigenvalue weighted by Gasteiger charge is 2.08. The smallest absolute Gasteiger partial charge is 0.0137 e.